The molecule has 2 aliphatic rings. The van der Waals surface area contributed by atoms with Crippen LogP contribution in [0, 0.1) is 0 Å². The molecule has 1 aromatic carbocycles. The number of nitrogens with zero attached hydrogens (tertiary/aromatic N) is 4. The van der Waals surface area contributed by atoms with Gasteiger partial charge in [-0.25, -0.2) is 9.98 Å². The summed E-state index contributed by atoms with van der Waals surface area (Å²) in [6, 6.07) is 7.84. The van der Waals surface area contributed by atoms with Crippen molar-refractivity contribution in [2.45, 2.75) is 24.9 Å². The molecule has 1 spiro atoms. The van der Waals surface area contributed by atoms with E-state index in [0.717, 1.165) is 37.3 Å². The molecule has 158 valence electrons. The standard InChI is InChI=1S/C20H24ClN7O2/c1-28-7-5-20(6-8-28)18(23-10-13-3-2-4-14(21)9-13)25-15-11-24-19(26-17(15)27-20)30-12-16(22)29/h2-4,9,11H,5-8,10,12H2,1H3,(H2,22,29)(H,23,25)(H,24,26,27). The maximum absolute atomic E-state index is 11.0. The highest BCUT2D eigenvalue weighted by Gasteiger charge is 2.42. The second-order valence-corrected chi connectivity index (χ2v) is 8.03. The Morgan fingerprint density at radius 2 is 2.20 bits per heavy atom. The maximum atomic E-state index is 11.0. The molecule has 0 saturated carbocycles. The average Bonchev–Trinajstić information content (AvgIpc) is 2.73. The normalized spacial score (nSPS) is 17.6. The van der Waals surface area contributed by atoms with E-state index in [1.165, 1.54) is 0 Å². The van der Waals surface area contributed by atoms with Crippen LogP contribution in [0.1, 0.15) is 18.4 Å². The summed E-state index contributed by atoms with van der Waals surface area (Å²) in [4.78, 5) is 26.6. The molecule has 4 N–H and O–H groups in total. The Balaban J connectivity index is 1.60. The van der Waals surface area contributed by atoms with E-state index in [4.69, 9.17) is 27.1 Å². The lowest BCUT2D eigenvalue weighted by Gasteiger charge is -2.44. The summed E-state index contributed by atoms with van der Waals surface area (Å²) in [7, 11) is 2.11. The summed E-state index contributed by atoms with van der Waals surface area (Å²) in [5.41, 5.74) is 6.45. The summed E-state index contributed by atoms with van der Waals surface area (Å²) < 4.78 is 5.25. The van der Waals surface area contributed by atoms with E-state index in [-0.39, 0.29) is 18.2 Å². The Bertz CT molecular complexity index is 973. The number of benzene rings is 1. The summed E-state index contributed by atoms with van der Waals surface area (Å²) in [6.07, 6.45) is 3.31. The third-order valence-corrected chi connectivity index (χ3v) is 5.56. The molecule has 3 heterocycles. The van der Waals surface area contributed by atoms with Gasteiger partial charge in [0.05, 0.1) is 11.7 Å². The Morgan fingerprint density at radius 1 is 1.40 bits per heavy atom. The van der Waals surface area contributed by atoms with Crippen LogP contribution in [0.4, 0.5) is 11.5 Å². The van der Waals surface area contributed by atoms with Gasteiger partial charge in [0.25, 0.3) is 5.91 Å². The number of amides is 1. The second-order valence-electron chi connectivity index (χ2n) is 7.60. The quantitative estimate of drug-likeness (QED) is 0.662. The van der Waals surface area contributed by atoms with Crippen LogP contribution in [0.2, 0.25) is 5.02 Å². The number of carbonyl (C=O) groups excluding carboxylic acids is 1. The Morgan fingerprint density at radius 3 is 2.93 bits per heavy atom. The summed E-state index contributed by atoms with van der Waals surface area (Å²) in [5, 5.41) is 7.77. The number of amidine groups is 1. The maximum Gasteiger partial charge on any atom is 0.318 e. The van der Waals surface area contributed by atoms with E-state index in [9.17, 15) is 4.79 Å². The zero-order valence-corrected chi connectivity index (χ0v) is 17.4. The van der Waals surface area contributed by atoms with Crippen molar-refractivity contribution in [3.05, 3.63) is 41.0 Å². The van der Waals surface area contributed by atoms with Crippen molar-refractivity contribution in [3.8, 4) is 6.01 Å². The van der Waals surface area contributed by atoms with Crippen molar-refractivity contribution >= 4 is 34.8 Å². The summed E-state index contributed by atoms with van der Waals surface area (Å²) in [5.74, 6) is 0.862. The van der Waals surface area contributed by atoms with Gasteiger partial charge in [-0.15, -0.1) is 0 Å². The number of likely N-dealkylation sites (tertiary alicyclic amines) is 1. The molecule has 0 unspecified atom stereocenters. The molecule has 9 nitrogen and oxygen atoms in total. The van der Waals surface area contributed by atoms with E-state index >= 15 is 0 Å². The molecule has 2 aliphatic heterocycles. The number of nitrogens with one attached hydrogen (secondary N) is 2. The SMILES string of the molecule is CN1CCC2(CC1)Nc1nc(OCC(N)=O)ncc1N=C2NCc1cccc(Cl)c1. The molecule has 30 heavy (non-hydrogen) atoms. The first-order chi connectivity index (χ1) is 14.4. The van der Waals surface area contributed by atoms with E-state index in [1.54, 1.807) is 6.20 Å². The number of fused-ring (bicyclic) bond motifs is 1. The van der Waals surface area contributed by atoms with Gasteiger partial charge in [-0.2, -0.15) is 4.98 Å². The van der Waals surface area contributed by atoms with Crippen molar-refractivity contribution in [2.24, 2.45) is 10.7 Å². The highest BCUT2D eigenvalue weighted by Crippen LogP contribution is 2.37. The van der Waals surface area contributed by atoms with Crippen LogP contribution in [0.15, 0.2) is 35.5 Å². The van der Waals surface area contributed by atoms with Gasteiger partial charge in [-0.1, -0.05) is 23.7 Å². The van der Waals surface area contributed by atoms with Gasteiger partial charge in [-0.3, -0.25) is 4.79 Å². The fraction of sp³-hybridized carbons (Fsp3) is 0.400. The number of hydrogen-bond acceptors (Lipinski definition) is 8. The molecule has 4 rings (SSSR count). The molecular weight excluding hydrogens is 406 g/mol. The first-order valence-electron chi connectivity index (χ1n) is 9.76. The number of hydrogen-bond donors (Lipinski definition) is 3. The van der Waals surface area contributed by atoms with E-state index in [0.29, 0.717) is 23.1 Å². The molecule has 1 aromatic heterocycles. The van der Waals surface area contributed by atoms with Crippen LogP contribution in [0.25, 0.3) is 0 Å². The van der Waals surface area contributed by atoms with Crippen molar-refractivity contribution in [3.63, 3.8) is 0 Å². The molecule has 0 aliphatic carbocycles. The van der Waals surface area contributed by atoms with Gasteiger partial charge < -0.3 is 26.0 Å². The molecule has 1 saturated heterocycles. The van der Waals surface area contributed by atoms with Gasteiger partial charge in [0.15, 0.2) is 12.4 Å². The molecular formula is C20H24ClN7O2. The lowest BCUT2D eigenvalue weighted by atomic mass is 9.85. The lowest BCUT2D eigenvalue weighted by Crippen LogP contribution is -2.58. The van der Waals surface area contributed by atoms with Crippen LogP contribution < -0.4 is 21.1 Å². The number of rotatable bonds is 5. The number of primary amides is 1. The molecule has 10 heteroatoms. The van der Waals surface area contributed by atoms with Crippen LogP contribution in [-0.4, -0.2) is 58.9 Å². The minimum absolute atomic E-state index is 0.0914. The number of aromatic nitrogens is 2. The second kappa shape index (κ2) is 8.45. The zero-order valence-electron chi connectivity index (χ0n) is 16.7. The minimum Gasteiger partial charge on any atom is -0.453 e. The van der Waals surface area contributed by atoms with E-state index in [2.05, 4.69) is 32.5 Å². The minimum atomic E-state index is -0.582. The van der Waals surface area contributed by atoms with Crippen LogP contribution in [0.5, 0.6) is 6.01 Å². The molecule has 0 bridgehead atoms. The Labute approximate surface area is 179 Å². The topological polar surface area (TPSA) is 118 Å². The predicted molar refractivity (Wildman–Crippen MR) is 115 cm³/mol. The number of carbonyl (C=O) groups is 1. The molecule has 2 aromatic rings. The fourth-order valence-electron chi connectivity index (χ4n) is 3.66. The summed E-state index contributed by atoms with van der Waals surface area (Å²) in [6.45, 7) is 2.19. The van der Waals surface area contributed by atoms with Crippen molar-refractivity contribution in [2.75, 3.05) is 32.1 Å². The first-order valence-corrected chi connectivity index (χ1v) is 10.1. The van der Waals surface area contributed by atoms with Crippen LogP contribution in [0.3, 0.4) is 0 Å². The number of ether oxygens (including phenoxy) is 1. The fourth-order valence-corrected chi connectivity index (χ4v) is 3.87. The number of anilines is 1. The number of aliphatic imine (C=N–C) groups is 1. The van der Waals surface area contributed by atoms with Gasteiger partial charge in [0.1, 0.15) is 11.5 Å². The monoisotopic (exact) mass is 429 g/mol. The van der Waals surface area contributed by atoms with E-state index in [1.807, 2.05) is 24.3 Å². The Kier molecular flexibility index (Phi) is 5.74. The first kappa shape index (κ1) is 20.4. The summed E-state index contributed by atoms with van der Waals surface area (Å²) >= 11 is 6.12. The van der Waals surface area contributed by atoms with E-state index < -0.39 is 5.91 Å². The van der Waals surface area contributed by atoms with Crippen LogP contribution >= 0.6 is 11.6 Å². The zero-order chi connectivity index (χ0) is 21.1. The van der Waals surface area contributed by atoms with Crippen molar-refractivity contribution in [1.29, 1.82) is 0 Å². The Hall–Kier alpha value is -2.91. The largest absolute Gasteiger partial charge is 0.453 e. The smallest absolute Gasteiger partial charge is 0.318 e. The number of nitrogens with two attached hydrogens (primary N) is 1. The van der Waals surface area contributed by atoms with Gasteiger partial charge in [0, 0.05) is 24.7 Å². The van der Waals surface area contributed by atoms with Crippen molar-refractivity contribution < 1.29 is 9.53 Å². The highest BCUT2D eigenvalue weighted by atomic mass is 35.5. The molecule has 1 amide bonds. The number of halogens is 1. The molecule has 1 fully saturated rings. The van der Waals surface area contributed by atoms with Crippen molar-refractivity contribution in [1.82, 2.24) is 20.2 Å². The predicted octanol–water partition coefficient (Wildman–Crippen LogP) is 1.70. The highest BCUT2D eigenvalue weighted by molar-refractivity contribution is 6.30. The molecule has 0 atom stereocenters. The van der Waals surface area contributed by atoms with Gasteiger partial charge >= 0.3 is 6.01 Å². The molecule has 0 radical (unpaired) electrons. The third kappa shape index (κ3) is 4.47. The third-order valence-electron chi connectivity index (χ3n) is 5.32. The van der Waals surface area contributed by atoms with Crippen LogP contribution in [-0.2, 0) is 11.3 Å². The lowest BCUT2D eigenvalue weighted by molar-refractivity contribution is -0.120. The average molecular weight is 430 g/mol. The number of piperidine rings is 1. The van der Waals surface area contributed by atoms with Gasteiger partial charge in [-0.05, 0) is 37.6 Å². The van der Waals surface area contributed by atoms with Gasteiger partial charge in [0.2, 0.25) is 0 Å².